The van der Waals surface area contributed by atoms with Crippen LogP contribution >= 0.6 is 11.6 Å². The lowest BCUT2D eigenvalue weighted by Crippen LogP contribution is -2.25. The standard InChI is InChI=1S/C15H17ClN4O/c1-3-17-13-7-6-11(16)14(20-13)15(21)19-9-12-10(2)5-4-8-18-12/h4-8H,3,9H2,1-2H3,(H,17,20)(H,19,21). The van der Waals surface area contributed by atoms with Crippen molar-refractivity contribution in [2.24, 2.45) is 0 Å². The molecule has 0 spiro atoms. The van der Waals surface area contributed by atoms with Gasteiger partial charge in [-0.25, -0.2) is 4.98 Å². The van der Waals surface area contributed by atoms with Crippen LogP contribution in [0, 0.1) is 6.92 Å². The molecule has 0 atom stereocenters. The van der Waals surface area contributed by atoms with Crippen LogP contribution in [0.15, 0.2) is 30.5 Å². The predicted octanol–water partition coefficient (Wildman–Crippen LogP) is 2.80. The number of pyridine rings is 2. The normalized spacial score (nSPS) is 10.2. The molecule has 0 aliphatic carbocycles. The third kappa shape index (κ3) is 3.92. The van der Waals surface area contributed by atoms with Gasteiger partial charge in [-0.3, -0.25) is 9.78 Å². The van der Waals surface area contributed by atoms with Crippen molar-refractivity contribution in [2.75, 3.05) is 11.9 Å². The monoisotopic (exact) mass is 304 g/mol. The molecule has 110 valence electrons. The molecule has 6 heteroatoms. The topological polar surface area (TPSA) is 66.9 Å². The first-order chi connectivity index (χ1) is 10.1. The van der Waals surface area contributed by atoms with E-state index >= 15 is 0 Å². The van der Waals surface area contributed by atoms with Gasteiger partial charge in [0.2, 0.25) is 0 Å². The maximum atomic E-state index is 12.2. The fourth-order valence-corrected chi connectivity index (χ4v) is 2.02. The van der Waals surface area contributed by atoms with Crippen molar-refractivity contribution in [3.8, 4) is 0 Å². The van der Waals surface area contributed by atoms with Gasteiger partial charge >= 0.3 is 0 Å². The SMILES string of the molecule is CCNc1ccc(Cl)c(C(=O)NCc2ncccc2C)n1. The van der Waals surface area contributed by atoms with Crippen LogP contribution in [0.25, 0.3) is 0 Å². The van der Waals surface area contributed by atoms with E-state index in [1.807, 2.05) is 26.0 Å². The summed E-state index contributed by atoms with van der Waals surface area (Å²) in [7, 11) is 0. The van der Waals surface area contributed by atoms with Crippen LogP contribution in [0.4, 0.5) is 5.82 Å². The average Bonchev–Trinajstić information content (AvgIpc) is 2.48. The van der Waals surface area contributed by atoms with Gasteiger partial charge in [-0.2, -0.15) is 0 Å². The fraction of sp³-hybridized carbons (Fsp3) is 0.267. The Morgan fingerprint density at radius 2 is 2.14 bits per heavy atom. The number of nitrogens with zero attached hydrogens (tertiary/aromatic N) is 2. The Kier molecular flexibility index (Phi) is 5.11. The largest absolute Gasteiger partial charge is 0.370 e. The van der Waals surface area contributed by atoms with Crippen LogP contribution in [-0.2, 0) is 6.54 Å². The van der Waals surface area contributed by atoms with Crippen LogP contribution in [0.5, 0.6) is 0 Å². The fourth-order valence-electron chi connectivity index (χ4n) is 1.83. The lowest BCUT2D eigenvalue weighted by atomic mass is 10.2. The van der Waals surface area contributed by atoms with Gasteiger partial charge in [-0.1, -0.05) is 17.7 Å². The Hall–Kier alpha value is -2.14. The van der Waals surface area contributed by atoms with Crippen molar-refractivity contribution in [3.63, 3.8) is 0 Å². The predicted molar refractivity (Wildman–Crippen MR) is 83.6 cm³/mol. The highest BCUT2D eigenvalue weighted by Crippen LogP contribution is 2.16. The minimum atomic E-state index is -0.315. The summed E-state index contributed by atoms with van der Waals surface area (Å²) in [5, 5.41) is 6.17. The summed E-state index contributed by atoms with van der Waals surface area (Å²) < 4.78 is 0. The summed E-state index contributed by atoms with van der Waals surface area (Å²) in [6, 6.07) is 7.21. The van der Waals surface area contributed by atoms with Crippen molar-refractivity contribution >= 4 is 23.3 Å². The summed E-state index contributed by atoms with van der Waals surface area (Å²) in [5.74, 6) is 0.311. The molecular formula is C15H17ClN4O. The van der Waals surface area contributed by atoms with Gasteiger partial charge in [0, 0.05) is 12.7 Å². The van der Waals surface area contributed by atoms with Crippen LogP contribution < -0.4 is 10.6 Å². The van der Waals surface area contributed by atoms with Gasteiger partial charge in [0.05, 0.1) is 17.3 Å². The summed E-state index contributed by atoms with van der Waals surface area (Å²) >= 11 is 6.04. The zero-order chi connectivity index (χ0) is 15.2. The number of hydrogen-bond acceptors (Lipinski definition) is 4. The minimum absolute atomic E-state index is 0.212. The average molecular weight is 305 g/mol. The van der Waals surface area contributed by atoms with Crippen molar-refractivity contribution in [1.82, 2.24) is 15.3 Å². The molecule has 0 saturated carbocycles. The molecule has 0 aliphatic rings. The van der Waals surface area contributed by atoms with Gasteiger partial charge in [-0.15, -0.1) is 0 Å². The molecule has 0 fully saturated rings. The lowest BCUT2D eigenvalue weighted by molar-refractivity contribution is 0.0945. The van der Waals surface area contributed by atoms with Gasteiger partial charge in [-0.05, 0) is 37.6 Å². The molecule has 2 rings (SSSR count). The first-order valence-corrected chi connectivity index (χ1v) is 7.08. The maximum absolute atomic E-state index is 12.2. The van der Waals surface area contributed by atoms with Crippen molar-refractivity contribution in [2.45, 2.75) is 20.4 Å². The third-order valence-corrected chi connectivity index (χ3v) is 3.26. The molecule has 1 amide bonds. The number of carbonyl (C=O) groups excluding carboxylic acids is 1. The molecule has 2 aromatic heterocycles. The van der Waals surface area contributed by atoms with E-state index in [1.54, 1.807) is 18.3 Å². The van der Waals surface area contributed by atoms with Gasteiger partial charge in [0.25, 0.3) is 5.91 Å². The lowest BCUT2D eigenvalue weighted by Gasteiger charge is -2.09. The van der Waals surface area contributed by atoms with E-state index < -0.39 is 0 Å². The Morgan fingerprint density at radius 1 is 1.33 bits per heavy atom. The number of halogens is 1. The second kappa shape index (κ2) is 7.04. The van der Waals surface area contributed by atoms with Crippen LogP contribution in [0.1, 0.15) is 28.7 Å². The van der Waals surface area contributed by atoms with Gasteiger partial charge in [0.1, 0.15) is 11.5 Å². The smallest absolute Gasteiger partial charge is 0.271 e. The minimum Gasteiger partial charge on any atom is -0.370 e. The Balaban J connectivity index is 2.10. The molecule has 0 saturated heterocycles. The van der Waals surface area contributed by atoms with E-state index in [9.17, 15) is 4.79 Å². The van der Waals surface area contributed by atoms with E-state index in [4.69, 9.17) is 11.6 Å². The summed E-state index contributed by atoms with van der Waals surface area (Å²) in [6.45, 7) is 4.98. The quantitative estimate of drug-likeness (QED) is 0.891. The number of hydrogen-bond donors (Lipinski definition) is 2. The van der Waals surface area contributed by atoms with Crippen LogP contribution in [-0.4, -0.2) is 22.4 Å². The van der Waals surface area contributed by atoms with E-state index in [0.717, 1.165) is 17.8 Å². The third-order valence-electron chi connectivity index (χ3n) is 2.95. The van der Waals surface area contributed by atoms with E-state index in [0.29, 0.717) is 17.4 Å². The zero-order valence-corrected chi connectivity index (χ0v) is 12.7. The van der Waals surface area contributed by atoms with Crippen molar-refractivity contribution in [1.29, 1.82) is 0 Å². The number of amides is 1. The number of carbonyl (C=O) groups is 1. The molecule has 21 heavy (non-hydrogen) atoms. The molecule has 0 unspecified atom stereocenters. The summed E-state index contributed by atoms with van der Waals surface area (Å²) in [5.41, 5.74) is 2.06. The summed E-state index contributed by atoms with van der Waals surface area (Å²) in [6.07, 6.45) is 1.70. The van der Waals surface area contributed by atoms with Gasteiger partial charge < -0.3 is 10.6 Å². The van der Waals surface area contributed by atoms with Crippen molar-refractivity contribution < 1.29 is 4.79 Å². The second-order valence-electron chi connectivity index (χ2n) is 4.51. The molecule has 0 aliphatic heterocycles. The molecule has 2 N–H and O–H groups in total. The van der Waals surface area contributed by atoms with Crippen molar-refractivity contribution in [3.05, 3.63) is 52.4 Å². The zero-order valence-electron chi connectivity index (χ0n) is 12.0. The Morgan fingerprint density at radius 3 is 2.86 bits per heavy atom. The first-order valence-electron chi connectivity index (χ1n) is 6.71. The van der Waals surface area contributed by atoms with E-state index in [-0.39, 0.29) is 11.6 Å². The Labute approximate surface area is 128 Å². The highest BCUT2D eigenvalue weighted by molar-refractivity contribution is 6.33. The van der Waals surface area contributed by atoms with E-state index in [2.05, 4.69) is 20.6 Å². The number of nitrogens with one attached hydrogen (secondary N) is 2. The molecule has 5 nitrogen and oxygen atoms in total. The summed E-state index contributed by atoms with van der Waals surface area (Å²) in [4.78, 5) is 20.6. The van der Waals surface area contributed by atoms with Crippen LogP contribution in [0.3, 0.4) is 0 Å². The van der Waals surface area contributed by atoms with E-state index in [1.165, 1.54) is 0 Å². The highest BCUT2D eigenvalue weighted by Gasteiger charge is 2.13. The van der Waals surface area contributed by atoms with Crippen LogP contribution in [0.2, 0.25) is 5.02 Å². The highest BCUT2D eigenvalue weighted by atomic mass is 35.5. The molecule has 0 aromatic carbocycles. The maximum Gasteiger partial charge on any atom is 0.271 e. The number of anilines is 1. The molecule has 0 radical (unpaired) electrons. The van der Waals surface area contributed by atoms with Gasteiger partial charge in [0.15, 0.2) is 0 Å². The molecule has 0 bridgehead atoms. The molecule has 2 aromatic rings. The number of aryl methyl sites for hydroxylation is 1. The number of aromatic nitrogens is 2. The second-order valence-corrected chi connectivity index (χ2v) is 4.91. The number of rotatable bonds is 5. The Bertz CT molecular complexity index is 645. The first kappa shape index (κ1) is 15.3. The molecule has 2 heterocycles. The molecular weight excluding hydrogens is 288 g/mol.